The summed E-state index contributed by atoms with van der Waals surface area (Å²) < 4.78 is 5.29. The summed E-state index contributed by atoms with van der Waals surface area (Å²) in [6.07, 6.45) is 1.41. The number of rotatable bonds is 3. The van der Waals surface area contributed by atoms with Crippen LogP contribution >= 0.6 is 0 Å². The predicted molar refractivity (Wildman–Crippen MR) is 63.0 cm³/mol. The zero-order valence-electron chi connectivity index (χ0n) is 9.01. The number of amides is 1. The molecule has 0 saturated carbocycles. The average molecular weight is 226 g/mol. The molecule has 1 aromatic heterocycles. The summed E-state index contributed by atoms with van der Waals surface area (Å²) in [5.74, 6) is 0.351. The molecule has 84 valence electrons. The van der Waals surface area contributed by atoms with Gasteiger partial charge < -0.3 is 9.73 Å². The highest BCUT2D eigenvalue weighted by Crippen LogP contribution is 2.27. The largest absolute Gasteiger partial charge is 0.464 e. The van der Waals surface area contributed by atoms with Crippen LogP contribution < -0.4 is 5.32 Å². The molecule has 0 aliphatic heterocycles. The molecule has 4 heteroatoms. The minimum absolute atomic E-state index is 0.160. The summed E-state index contributed by atoms with van der Waals surface area (Å²) in [6.45, 7) is 0. The predicted octanol–water partition coefficient (Wildman–Crippen LogP) is 2.80. The molecule has 17 heavy (non-hydrogen) atoms. The molecule has 1 N–H and O–H groups in total. The van der Waals surface area contributed by atoms with Crippen LogP contribution in [-0.2, 0) is 4.79 Å². The maximum Gasteiger partial charge on any atom is 0.238 e. The maximum atomic E-state index is 11.4. The van der Waals surface area contributed by atoms with Crippen LogP contribution in [0.1, 0.15) is 6.42 Å². The number of benzene rings is 1. The van der Waals surface area contributed by atoms with E-state index >= 15 is 0 Å². The first-order valence-corrected chi connectivity index (χ1v) is 5.11. The van der Waals surface area contributed by atoms with Gasteiger partial charge in [0, 0.05) is 5.56 Å². The summed E-state index contributed by atoms with van der Waals surface area (Å²) >= 11 is 0. The van der Waals surface area contributed by atoms with Crippen LogP contribution in [-0.4, -0.2) is 5.91 Å². The number of anilines is 1. The molecule has 0 atom stereocenters. The van der Waals surface area contributed by atoms with E-state index in [1.807, 2.05) is 24.3 Å². The molecule has 2 rings (SSSR count). The van der Waals surface area contributed by atoms with E-state index < -0.39 is 0 Å². The monoisotopic (exact) mass is 226 g/mol. The maximum absolute atomic E-state index is 11.4. The van der Waals surface area contributed by atoms with Gasteiger partial charge in [-0.15, -0.1) is 0 Å². The van der Waals surface area contributed by atoms with Gasteiger partial charge in [-0.2, -0.15) is 5.26 Å². The first-order chi connectivity index (χ1) is 8.31. The average Bonchev–Trinajstić information content (AvgIpc) is 2.83. The second-order valence-corrected chi connectivity index (χ2v) is 3.41. The standard InChI is InChI=1S/C13H10N2O2/c14-8-7-13(16)15-11-5-2-1-4-10(11)12-6-3-9-17-12/h1-6,9H,7H2,(H,15,16). The highest BCUT2D eigenvalue weighted by molar-refractivity contribution is 5.95. The molecule has 4 nitrogen and oxygen atoms in total. The first kappa shape index (κ1) is 11.0. The zero-order valence-corrected chi connectivity index (χ0v) is 9.01. The van der Waals surface area contributed by atoms with E-state index in [1.54, 1.807) is 24.5 Å². The fourth-order valence-electron chi connectivity index (χ4n) is 1.50. The van der Waals surface area contributed by atoms with E-state index in [-0.39, 0.29) is 12.3 Å². The number of carbonyl (C=O) groups excluding carboxylic acids is 1. The van der Waals surface area contributed by atoms with Gasteiger partial charge in [0.05, 0.1) is 18.0 Å². The smallest absolute Gasteiger partial charge is 0.238 e. The highest BCUT2D eigenvalue weighted by atomic mass is 16.3. The van der Waals surface area contributed by atoms with Gasteiger partial charge in [0.2, 0.25) is 5.91 Å². The van der Waals surface area contributed by atoms with Crippen LogP contribution in [0.2, 0.25) is 0 Å². The molecular weight excluding hydrogens is 216 g/mol. The Hall–Kier alpha value is -2.54. The normalized spacial score (nSPS) is 9.59. The lowest BCUT2D eigenvalue weighted by molar-refractivity contribution is -0.115. The number of nitrogens with one attached hydrogen (secondary N) is 1. The van der Waals surface area contributed by atoms with Crippen molar-refractivity contribution in [3.8, 4) is 17.4 Å². The van der Waals surface area contributed by atoms with Crippen LogP contribution in [0.5, 0.6) is 0 Å². The third kappa shape index (κ3) is 2.52. The van der Waals surface area contributed by atoms with Gasteiger partial charge in [-0.25, -0.2) is 0 Å². The SMILES string of the molecule is N#CCC(=O)Nc1ccccc1-c1ccco1. The van der Waals surface area contributed by atoms with Crippen LogP contribution in [0, 0.1) is 11.3 Å². The molecule has 0 radical (unpaired) electrons. The lowest BCUT2D eigenvalue weighted by Crippen LogP contribution is -2.10. The Morgan fingerprint density at radius 3 is 2.82 bits per heavy atom. The number of para-hydroxylation sites is 1. The van der Waals surface area contributed by atoms with Crippen LogP contribution in [0.3, 0.4) is 0 Å². The Kier molecular flexibility index (Phi) is 3.22. The molecule has 1 amide bonds. The molecule has 0 aliphatic carbocycles. The van der Waals surface area contributed by atoms with Gasteiger partial charge in [0.25, 0.3) is 0 Å². The molecule has 1 heterocycles. The number of hydrogen-bond donors (Lipinski definition) is 1. The topological polar surface area (TPSA) is 66.0 Å². The Morgan fingerprint density at radius 2 is 2.12 bits per heavy atom. The second kappa shape index (κ2) is 4.99. The van der Waals surface area contributed by atoms with E-state index in [9.17, 15) is 4.79 Å². The van der Waals surface area contributed by atoms with Gasteiger partial charge in [-0.3, -0.25) is 4.79 Å². The highest BCUT2D eigenvalue weighted by Gasteiger charge is 2.09. The Labute approximate surface area is 98.5 Å². The number of furan rings is 1. The van der Waals surface area contributed by atoms with Gasteiger partial charge in [-0.05, 0) is 24.3 Å². The fraction of sp³-hybridized carbons (Fsp3) is 0.0769. The number of nitrogens with zero attached hydrogens (tertiary/aromatic N) is 1. The Morgan fingerprint density at radius 1 is 1.29 bits per heavy atom. The van der Waals surface area contributed by atoms with E-state index in [0.717, 1.165) is 5.56 Å². The number of hydrogen-bond acceptors (Lipinski definition) is 3. The summed E-state index contributed by atoms with van der Waals surface area (Å²) in [5.41, 5.74) is 1.44. The fourth-order valence-corrected chi connectivity index (χ4v) is 1.50. The molecule has 0 saturated heterocycles. The van der Waals surface area contributed by atoms with Crippen molar-refractivity contribution in [3.05, 3.63) is 42.7 Å². The third-order valence-electron chi connectivity index (χ3n) is 2.23. The quantitative estimate of drug-likeness (QED) is 0.875. The van der Waals surface area contributed by atoms with Gasteiger partial charge in [0.15, 0.2) is 0 Å². The molecule has 0 spiro atoms. The van der Waals surface area contributed by atoms with Gasteiger partial charge in [-0.1, -0.05) is 12.1 Å². The molecular formula is C13H10N2O2. The lowest BCUT2D eigenvalue weighted by Gasteiger charge is -2.07. The minimum Gasteiger partial charge on any atom is -0.464 e. The van der Waals surface area contributed by atoms with E-state index in [0.29, 0.717) is 11.4 Å². The van der Waals surface area contributed by atoms with Gasteiger partial charge in [0.1, 0.15) is 12.2 Å². The van der Waals surface area contributed by atoms with Crippen molar-refractivity contribution in [1.29, 1.82) is 5.26 Å². The number of carbonyl (C=O) groups is 1. The van der Waals surface area contributed by atoms with E-state index in [2.05, 4.69) is 5.32 Å². The molecule has 2 aromatic rings. The molecule has 0 aliphatic rings. The lowest BCUT2D eigenvalue weighted by atomic mass is 10.1. The van der Waals surface area contributed by atoms with Crippen molar-refractivity contribution in [3.63, 3.8) is 0 Å². The van der Waals surface area contributed by atoms with Crippen molar-refractivity contribution in [2.75, 3.05) is 5.32 Å². The third-order valence-corrected chi connectivity index (χ3v) is 2.23. The summed E-state index contributed by atoms with van der Waals surface area (Å²) in [5, 5.41) is 11.1. The summed E-state index contributed by atoms with van der Waals surface area (Å²) in [6, 6.07) is 12.7. The van der Waals surface area contributed by atoms with E-state index in [1.165, 1.54) is 0 Å². The first-order valence-electron chi connectivity index (χ1n) is 5.11. The van der Waals surface area contributed by atoms with Crippen LogP contribution in [0.4, 0.5) is 5.69 Å². The second-order valence-electron chi connectivity index (χ2n) is 3.41. The number of nitriles is 1. The minimum atomic E-state index is -0.327. The zero-order chi connectivity index (χ0) is 12.1. The summed E-state index contributed by atoms with van der Waals surface area (Å²) in [7, 11) is 0. The van der Waals surface area contributed by atoms with Crippen molar-refractivity contribution in [2.24, 2.45) is 0 Å². The van der Waals surface area contributed by atoms with Crippen LogP contribution in [0.25, 0.3) is 11.3 Å². The molecule has 0 unspecified atom stereocenters. The molecule has 0 bridgehead atoms. The van der Waals surface area contributed by atoms with E-state index in [4.69, 9.17) is 9.68 Å². The van der Waals surface area contributed by atoms with Crippen molar-refractivity contribution in [2.45, 2.75) is 6.42 Å². The Balaban J connectivity index is 2.29. The van der Waals surface area contributed by atoms with Crippen molar-refractivity contribution in [1.82, 2.24) is 0 Å². The van der Waals surface area contributed by atoms with Crippen molar-refractivity contribution < 1.29 is 9.21 Å². The van der Waals surface area contributed by atoms with Crippen LogP contribution in [0.15, 0.2) is 47.1 Å². The van der Waals surface area contributed by atoms with Crippen molar-refractivity contribution >= 4 is 11.6 Å². The van der Waals surface area contributed by atoms with Gasteiger partial charge >= 0.3 is 0 Å². The Bertz CT molecular complexity index is 553. The molecule has 1 aromatic carbocycles. The summed E-state index contributed by atoms with van der Waals surface area (Å²) in [4.78, 5) is 11.4. The molecule has 0 fully saturated rings.